The lowest BCUT2D eigenvalue weighted by Gasteiger charge is -2.26. The van der Waals surface area contributed by atoms with E-state index in [1.165, 1.54) is 29.4 Å². The predicted octanol–water partition coefficient (Wildman–Crippen LogP) is 3.38. The van der Waals surface area contributed by atoms with Gasteiger partial charge in [-0.2, -0.15) is 5.26 Å². The molecular weight excluding hydrogens is 753 g/mol. The van der Waals surface area contributed by atoms with Crippen LogP contribution < -0.4 is 26.7 Å². The average molecular weight is 795 g/mol. The van der Waals surface area contributed by atoms with Crippen molar-refractivity contribution >= 4 is 17.8 Å². The first-order valence-corrected chi connectivity index (χ1v) is 19.0. The third kappa shape index (κ3) is 9.52. The number of primary amides is 1. The maximum absolute atomic E-state index is 12.6. The van der Waals surface area contributed by atoms with Crippen LogP contribution in [0.15, 0.2) is 107 Å². The summed E-state index contributed by atoms with van der Waals surface area (Å²) in [5.74, 6) is 0.625. The number of nitrogens with zero attached hydrogens (tertiary/aromatic N) is 11. The molecule has 0 aliphatic carbocycles. The van der Waals surface area contributed by atoms with Crippen molar-refractivity contribution in [3.05, 3.63) is 141 Å². The Labute approximate surface area is 339 Å². The van der Waals surface area contributed by atoms with E-state index in [1.807, 2.05) is 29.2 Å². The van der Waals surface area contributed by atoms with Gasteiger partial charge >= 0.3 is 0 Å². The fourth-order valence-electron chi connectivity index (χ4n) is 6.88. The number of hydrogen-bond acceptors (Lipinski definition) is 14. The van der Waals surface area contributed by atoms with Crippen LogP contribution in [-0.2, 0) is 23.6 Å². The topological polar surface area (TPSA) is 213 Å². The third-order valence-electron chi connectivity index (χ3n) is 9.96. The van der Waals surface area contributed by atoms with Gasteiger partial charge in [0.05, 0.1) is 47.5 Å². The second-order valence-electron chi connectivity index (χ2n) is 13.9. The first-order valence-electron chi connectivity index (χ1n) is 19.0. The van der Waals surface area contributed by atoms with Crippen LogP contribution in [0.2, 0.25) is 0 Å². The summed E-state index contributed by atoms with van der Waals surface area (Å²) in [6.45, 7) is 3.55. The smallest absolute Gasteiger partial charge is 0.255 e. The van der Waals surface area contributed by atoms with Crippen LogP contribution in [0.1, 0.15) is 52.1 Å². The van der Waals surface area contributed by atoms with E-state index in [2.05, 4.69) is 30.9 Å². The fourth-order valence-corrected chi connectivity index (χ4v) is 6.88. The standard InChI is InChI=1S/C21H22N6O3.C21H20N6O2/c1-26-19(28)11-17(16-6-7-23-13-24-16)25-21(26)27-8-3-9-30-18(12-27)14-4-2-5-15(10-14)20(22)29;1-26-20(28)11-18(17-6-7-23-14-24-17)25-21(26)27-8-3-9-29-19(13-27)16-5-2-4-15(10-16)12-22/h2,4-7,10-11,13,18H,3,8-9,12H2,1H3,(H2,22,29);2,4-7,10-11,14,19H,3,8-9,13H2,1H3/t18-;19-/m11/s1. The Morgan fingerprint density at radius 1 is 0.712 bits per heavy atom. The number of aromatic nitrogens is 8. The van der Waals surface area contributed by atoms with Crippen LogP contribution in [0.5, 0.6) is 0 Å². The Kier molecular flexibility index (Phi) is 12.5. The van der Waals surface area contributed by atoms with Crippen LogP contribution >= 0.6 is 0 Å². The van der Waals surface area contributed by atoms with Gasteiger partial charge in [0.25, 0.3) is 11.1 Å². The van der Waals surface area contributed by atoms with Crippen LogP contribution in [0.25, 0.3) is 22.8 Å². The van der Waals surface area contributed by atoms with Crippen molar-refractivity contribution in [1.82, 2.24) is 39.0 Å². The maximum Gasteiger partial charge on any atom is 0.255 e. The van der Waals surface area contributed by atoms with Crippen LogP contribution in [0.3, 0.4) is 0 Å². The molecule has 300 valence electrons. The lowest BCUT2D eigenvalue weighted by molar-refractivity contribution is 0.0684. The molecule has 8 rings (SSSR count). The van der Waals surface area contributed by atoms with E-state index in [9.17, 15) is 19.6 Å². The van der Waals surface area contributed by atoms with Gasteiger partial charge in [-0.3, -0.25) is 23.5 Å². The van der Waals surface area contributed by atoms with Crippen LogP contribution in [0.4, 0.5) is 11.9 Å². The SMILES string of the molecule is Cn1c(N2CCCO[C@@H](c3cccc(C#N)c3)C2)nc(-c2ccncn2)cc1=O.Cn1c(N2CCCO[C@@H](c3cccc(C(N)=O)c3)C2)nc(-c2ccncn2)cc1=O. The summed E-state index contributed by atoms with van der Waals surface area (Å²) in [6.07, 6.45) is 7.18. The van der Waals surface area contributed by atoms with Gasteiger partial charge in [0.2, 0.25) is 17.8 Å². The van der Waals surface area contributed by atoms with Gasteiger partial charge in [-0.25, -0.2) is 29.9 Å². The van der Waals surface area contributed by atoms with Crippen molar-refractivity contribution in [2.75, 3.05) is 49.2 Å². The molecule has 4 aromatic heterocycles. The number of amides is 1. The fraction of sp³-hybridized carbons (Fsp3) is 0.286. The molecule has 2 saturated heterocycles. The number of carbonyl (C=O) groups is 1. The summed E-state index contributed by atoms with van der Waals surface area (Å²) in [5, 5.41) is 9.19. The highest BCUT2D eigenvalue weighted by Crippen LogP contribution is 2.28. The Hall–Kier alpha value is -7.16. The molecule has 17 nitrogen and oxygen atoms in total. The van der Waals surface area contributed by atoms with E-state index in [1.54, 1.807) is 67.5 Å². The van der Waals surface area contributed by atoms with Crippen molar-refractivity contribution in [2.24, 2.45) is 19.8 Å². The molecule has 2 fully saturated rings. The molecule has 2 atom stereocenters. The van der Waals surface area contributed by atoms with Gasteiger partial charge in [-0.1, -0.05) is 24.3 Å². The summed E-state index contributed by atoms with van der Waals surface area (Å²) in [4.78, 5) is 66.5. The molecule has 2 aliphatic heterocycles. The molecule has 2 aliphatic rings. The summed E-state index contributed by atoms with van der Waals surface area (Å²) >= 11 is 0. The van der Waals surface area contributed by atoms with Gasteiger partial charge < -0.3 is 25.0 Å². The van der Waals surface area contributed by atoms with Crippen molar-refractivity contribution < 1.29 is 14.3 Å². The minimum Gasteiger partial charge on any atom is -0.372 e. The van der Waals surface area contributed by atoms with Gasteiger partial charge in [-0.15, -0.1) is 0 Å². The zero-order valence-electron chi connectivity index (χ0n) is 32.6. The van der Waals surface area contributed by atoms with Gasteiger partial charge in [0.1, 0.15) is 24.9 Å². The van der Waals surface area contributed by atoms with Crippen molar-refractivity contribution in [1.29, 1.82) is 5.26 Å². The zero-order valence-corrected chi connectivity index (χ0v) is 32.6. The lowest BCUT2D eigenvalue weighted by atomic mass is 10.1. The number of anilines is 2. The molecule has 0 spiro atoms. The second-order valence-corrected chi connectivity index (χ2v) is 13.9. The number of nitrogens with two attached hydrogens (primary N) is 1. The van der Waals surface area contributed by atoms with Crippen molar-refractivity contribution in [3.63, 3.8) is 0 Å². The lowest BCUT2D eigenvalue weighted by Crippen LogP contribution is -2.34. The molecule has 0 saturated carbocycles. The van der Waals surface area contributed by atoms with Crippen LogP contribution in [0, 0.1) is 11.3 Å². The molecular formula is C42H42N12O5. The Morgan fingerprint density at radius 3 is 1.69 bits per heavy atom. The van der Waals surface area contributed by atoms with Crippen molar-refractivity contribution in [3.8, 4) is 28.8 Å². The highest BCUT2D eigenvalue weighted by atomic mass is 16.5. The zero-order chi connectivity index (χ0) is 41.3. The van der Waals surface area contributed by atoms with Gasteiger partial charge in [0, 0.05) is 70.5 Å². The number of hydrogen-bond donors (Lipinski definition) is 1. The first kappa shape index (κ1) is 40.1. The Morgan fingerprint density at radius 2 is 1.22 bits per heavy atom. The Balaban J connectivity index is 0.000000179. The highest BCUT2D eigenvalue weighted by molar-refractivity contribution is 5.92. The van der Waals surface area contributed by atoms with E-state index in [-0.39, 0.29) is 23.3 Å². The Bertz CT molecular complexity index is 2580. The molecule has 59 heavy (non-hydrogen) atoms. The third-order valence-corrected chi connectivity index (χ3v) is 9.96. The first-order chi connectivity index (χ1) is 28.7. The summed E-state index contributed by atoms with van der Waals surface area (Å²) in [7, 11) is 3.41. The molecule has 6 aromatic rings. The minimum atomic E-state index is -0.482. The van der Waals surface area contributed by atoms with E-state index >= 15 is 0 Å². The molecule has 0 bridgehead atoms. The highest BCUT2D eigenvalue weighted by Gasteiger charge is 2.26. The molecule has 1 amide bonds. The molecule has 0 radical (unpaired) electrons. The number of carbonyl (C=O) groups excluding carboxylic acids is 1. The number of nitriles is 1. The number of rotatable bonds is 7. The minimum absolute atomic E-state index is 0.156. The van der Waals surface area contributed by atoms with Crippen molar-refractivity contribution in [2.45, 2.75) is 25.0 Å². The molecule has 0 unspecified atom stereocenters. The molecule has 6 heterocycles. The van der Waals surface area contributed by atoms with Crippen LogP contribution in [-0.4, -0.2) is 84.3 Å². The normalized spacial score (nSPS) is 16.8. The number of ether oxygens (including phenoxy) is 2. The molecule has 2 N–H and O–H groups in total. The van der Waals surface area contributed by atoms with Gasteiger partial charge in [0.15, 0.2) is 0 Å². The maximum atomic E-state index is 12.6. The van der Waals surface area contributed by atoms with E-state index in [0.717, 1.165) is 24.0 Å². The largest absolute Gasteiger partial charge is 0.372 e. The summed E-state index contributed by atoms with van der Waals surface area (Å²) in [5.41, 5.74) is 10.1. The van der Waals surface area contributed by atoms with E-state index in [0.29, 0.717) is 85.2 Å². The predicted molar refractivity (Wildman–Crippen MR) is 218 cm³/mol. The molecule has 2 aromatic carbocycles. The van der Waals surface area contributed by atoms with E-state index in [4.69, 9.17) is 25.2 Å². The second kappa shape index (κ2) is 18.4. The monoisotopic (exact) mass is 794 g/mol. The molecule has 17 heteroatoms. The number of benzene rings is 2. The summed E-state index contributed by atoms with van der Waals surface area (Å²) < 4.78 is 15.1. The average Bonchev–Trinajstić information content (AvgIpc) is 3.68. The van der Waals surface area contributed by atoms with E-state index < -0.39 is 5.91 Å². The quantitative estimate of drug-likeness (QED) is 0.246. The van der Waals surface area contributed by atoms with Gasteiger partial charge in [-0.05, 0) is 60.4 Å². The summed E-state index contributed by atoms with van der Waals surface area (Å²) in [6, 6.07) is 23.1.